The zero-order valence-corrected chi connectivity index (χ0v) is 10.9. The third kappa shape index (κ3) is 3.20. The minimum absolute atomic E-state index is 0.316. The van der Waals surface area contributed by atoms with Crippen molar-refractivity contribution in [2.24, 2.45) is 5.73 Å². The van der Waals surface area contributed by atoms with Crippen molar-refractivity contribution in [3.05, 3.63) is 59.7 Å². The first-order valence-corrected chi connectivity index (χ1v) is 6.22. The molecule has 2 aromatic rings. The van der Waals surface area contributed by atoms with Gasteiger partial charge in [-0.05, 0) is 41.8 Å². The summed E-state index contributed by atoms with van der Waals surface area (Å²) in [5.74, 6) is -0.316. The highest BCUT2D eigenvalue weighted by atomic mass is 16.5. The van der Waals surface area contributed by atoms with Crippen LogP contribution in [0.1, 0.15) is 15.9 Å². The molecule has 0 fully saturated rings. The summed E-state index contributed by atoms with van der Waals surface area (Å²) in [6.45, 7) is 0.644. The molecular formula is C16H17NO2. The third-order valence-electron chi connectivity index (χ3n) is 3.00. The van der Waals surface area contributed by atoms with Gasteiger partial charge in [0.25, 0.3) is 0 Å². The summed E-state index contributed by atoms with van der Waals surface area (Å²) in [4.78, 5) is 11.4. The van der Waals surface area contributed by atoms with Crippen LogP contribution in [0.15, 0.2) is 48.5 Å². The summed E-state index contributed by atoms with van der Waals surface area (Å²) >= 11 is 0. The minimum atomic E-state index is -0.316. The first kappa shape index (κ1) is 13.3. The van der Waals surface area contributed by atoms with Gasteiger partial charge in [-0.1, -0.05) is 36.4 Å². The van der Waals surface area contributed by atoms with Crippen LogP contribution in [0, 0.1) is 0 Å². The van der Waals surface area contributed by atoms with Crippen molar-refractivity contribution >= 4 is 5.97 Å². The van der Waals surface area contributed by atoms with Gasteiger partial charge in [0.1, 0.15) is 0 Å². The lowest BCUT2D eigenvalue weighted by atomic mass is 10.0. The van der Waals surface area contributed by atoms with Gasteiger partial charge in [0, 0.05) is 0 Å². The number of carbonyl (C=O) groups is 1. The summed E-state index contributed by atoms with van der Waals surface area (Å²) in [7, 11) is 1.38. The molecule has 3 heteroatoms. The Hall–Kier alpha value is -2.13. The van der Waals surface area contributed by atoms with Crippen LogP contribution in [-0.4, -0.2) is 19.6 Å². The smallest absolute Gasteiger partial charge is 0.337 e. The standard InChI is InChI=1S/C16H17NO2/c1-19-16(18)14-7-5-13(6-8-14)15-4-2-3-12(11-15)9-10-17/h2-8,11H,9-10,17H2,1H3. The SMILES string of the molecule is COC(=O)c1ccc(-c2cccc(CCN)c2)cc1. The minimum Gasteiger partial charge on any atom is -0.465 e. The van der Waals surface area contributed by atoms with Gasteiger partial charge in [-0.25, -0.2) is 4.79 Å². The number of nitrogens with two attached hydrogens (primary N) is 1. The molecule has 0 spiro atoms. The zero-order chi connectivity index (χ0) is 13.7. The Morgan fingerprint density at radius 3 is 2.47 bits per heavy atom. The van der Waals surface area contributed by atoms with E-state index in [0.717, 1.165) is 17.5 Å². The molecule has 0 saturated heterocycles. The van der Waals surface area contributed by atoms with E-state index >= 15 is 0 Å². The first-order chi connectivity index (χ1) is 9.24. The Morgan fingerprint density at radius 1 is 1.11 bits per heavy atom. The number of hydrogen-bond acceptors (Lipinski definition) is 3. The number of esters is 1. The summed E-state index contributed by atoms with van der Waals surface area (Å²) in [6, 6.07) is 15.7. The normalized spacial score (nSPS) is 10.2. The van der Waals surface area contributed by atoms with Crippen molar-refractivity contribution < 1.29 is 9.53 Å². The fourth-order valence-corrected chi connectivity index (χ4v) is 1.99. The van der Waals surface area contributed by atoms with Crippen molar-refractivity contribution in [3.8, 4) is 11.1 Å². The molecule has 0 aliphatic heterocycles. The van der Waals surface area contributed by atoms with Crippen LogP contribution in [0.4, 0.5) is 0 Å². The Labute approximate surface area is 113 Å². The van der Waals surface area contributed by atoms with E-state index in [9.17, 15) is 4.79 Å². The number of hydrogen-bond donors (Lipinski definition) is 1. The highest BCUT2D eigenvalue weighted by Crippen LogP contribution is 2.21. The number of methoxy groups -OCH3 is 1. The zero-order valence-electron chi connectivity index (χ0n) is 10.9. The molecule has 0 aromatic heterocycles. The van der Waals surface area contributed by atoms with Crippen molar-refractivity contribution in [2.75, 3.05) is 13.7 Å². The average Bonchev–Trinajstić information content (AvgIpc) is 2.47. The van der Waals surface area contributed by atoms with Gasteiger partial charge in [0.15, 0.2) is 0 Å². The lowest BCUT2D eigenvalue weighted by Crippen LogP contribution is -2.02. The predicted molar refractivity (Wildman–Crippen MR) is 76.0 cm³/mol. The van der Waals surface area contributed by atoms with Crippen LogP contribution < -0.4 is 5.73 Å². The molecule has 0 aliphatic rings. The monoisotopic (exact) mass is 255 g/mol. The number of rotatable bonds is 4. The molecule has 19 heavy (non-hydrogen) atoms. The Morgan fingerprint density at radius 2 is 1.84 bits per heavy atom. The Kier molecular flexibility index (Phi) is 4.31. The second-order valence-electron chi connectivity index (χ2n) is 4.31. The lowest BCUT2D eigenvalue weighted by Gasteiger charge is -2.06. The van der Waals surface area contributed by atoms with Crippen LogP contribution in [0.2, 0.25) is 0 Å². The van der Waals surface area contributed by atoms with Crippen LogP contribution in [0.3, 0.4) is 0 Å². The highest BCUT2D eigenvalue weighted by Gasteiger charge is 2.05. The molecule has 2 aromatic carbocycles. The number of benzene rings is 2. The average molecular weight is 255 g/mol. The maximum Gasteiger partial charge on any atom is 0.337 e. The van der Waals surface area contributed by atoms with Crippen LogP contribution >= 0.6 is 0 Å². The van der Waals surface area contributed by atoms with Crippen LogP contribution in [0.5, 0.6) is 0 Å². The molecule has 0 atom stereocenters. The third-order valence-corrected chi connectivity index (χ3v) is 3.00. The maximum atomic E-state index is 11.4. The quantitative estimate of drug-likeness (QED) is 0.854. The maximum absolute atomic E-state index is 11.4. The fraction of sp³-hybridized carbons (Fsp3) is 0.188. The molecular weight excluding hydrogens is 238 g/mol. The van der Waals surface area contributed by atoms with Crippen molar-refractivity contribution in [1.82, 2.24) is 0 Å². The second kappa shape index (κ2) is 6.16. The van der Waals surface area contributed by atoms with Gasteiger partial charge in [-0.3, -0.25) is 0 Å². The van der Waals surface area contributed by atoms with E-state index in [0.29, 0.717) is 12.1 Å². The van der Waals surface area contributed by atoms with Gasteiger partial charge < -0.3 is 10.5 Å². The molecule has 0 amide bonds. The molecule has 0 radical (unpaired) electrons. The summed E-state index contributed by atoms with van der Waals surface area (Å²) in [6.07, 6.45) is 0.869. The Balaban J connectivity index is 2.26. The molecule has 3 nitrogen and oxygen atoms in total. The molecule has 0 saturated carbocycles. The topological polar surface area (TPSA) is 52.3 Å². The van der Waals surface area contributed by atoms with E-state index in [-0.39, 0.29) is 5.97 Å². The van der Waals surface area contributed by atoms with Gasteiger partial charge in [0.2, 0.25) is 0 Å². The summed E-state index contributed by atoms with van der Waals surface area (Å²) in [5.41, 5.74) is 9.55. The largest absolute Gasteiger partial charge is 0.465 e. The van der Waals surface area contributed by atoms with Gasteiger partial charge >= 0.3 is 5.97 Å². The Bertz CT molecular complexity index is 561. The number of carbonyl (C=O) groups excluding carboxylic acids is 1. The molecule has 2 N–H and O–H groups in total. The van der Waals surface area contributed by atoms with E-state index in [1.807, 2.05) is 24.3 Å². The van der Waals surface area contributed by atoms with Crippen molar-refractivity contribution in [1.29, 1.82) is 0 Å². The fourth-order valence-electron chi connectivity index (χ4n) is 1.99. The van der Waals surface area contributed by atoms with E-state index in [2.05, 4.69) is 16.9 Å². The molecule has 98 valence electrons. The van der Waals surface area contributed by atoms with Gasteiger partial charge in [-0.15, -0.1) is 0 Å². The predicted octanol–water partition coefficient (Wildman–Crippen LogP) is 2.64. The summed E-state index contributed by atoms with van der Waals surface area (Å²) in [5, 5.41) is 0. The van der Waals surface area contributed by atoms with Crippen LogP contribution in [-0.2, 0) is 11.2 Å². The molecule has 0 bridgehead atoms. The first-order valence-electron chi connectivity index (χ1n) is 6.22. The van der Waals surface area contributed by atoms with E-state index in [4.69, 9.17) is 5.73 Å². The van der Waals surface area contributed by atoms with Gasteiger partial charge in [0.05, 0.1) is 12.7 Å². The molecule has 0 heterocycles. The van der Waals surface area contributed by atoms with Gasteiger partial charge in [-0.2, -0.15) is 0 Å². The van der Waals surface area contributed by atoms with Crippen molar-refractivity contribution in [3.63, 3.8) is 0 Å². The molecule has 0 aliphatic carbocycles. The van der Waals surface area contributed by atoms with E-state index in [1.54, 1.807) is 12.1 Å². The van der Waals surface area contributed by atoms with E-state index in [1.165, 1.54) is 12.7 Å². The number of ether oxygens (including phenoxy) is 1. The highest BCUT2D eigenvalue weighted by molar-refractivity contribution is 5.89. The molecule has 2 rings (SSSR count). The van der Waals surface area contributed by atoms with Crippen LogP contribution in [0.25, 0.3) is 11.1 Å². The van der Waals surface area contributed by atoms with Crippen molar-refractivity contribution in [2.45, 2.75) is 6.42 Å². The summed E-state index contributed by atoms with van der Waals surface area (Å²) < 4.78 is 4.68. The lowest BCUT2D eigenvalue weighted by molar-refractivity contribution is 0.0601. The second-order valence-corrected chi connectivity index (χ2v) is 4.31. The molecule has 0 unspecified atom stereocenters. The van der Waals surface area contributed by atoms with E-state index < -0.39 is 0 Å².